The molecule has 0 aliphatic carbocycles. The number of rotatable bonds is 6. The summed E-state index contributed by atoms with van der Waals surface area (Å²) in [5.74, 6) is -3.21. The van der Waals surface area contributed by atoms with E-state index < -0.39 is 35.4 Å². The highest BCUT2D eigenvalue weighted by Gasteiger charge is 2.65. The van der Waals surface area contributed by atoms with Crippen LogP contribution in [0.3, 0.4) is 0 Å². The smallest absolute Gasteiger partial charge is 0.275 e. The highest BCUT2D eigenvalue weighted by molar-refractivity contribution is 5.11. The van der Waals surface area contributed by atoms with Gasteiger partial charge < -0.3 is 0 Å². The summed E-state index contributed by atoms with van der Waals surface area (Å²) >= 11 is 0. The molecule has 7 heteroatoms. The van der Waals surface area contributed by atoms with Crippen LogP contribution in [-0.4, -0.2) is 18.1 Å². The van der Waals surface area contributed by atoms with E-state index in [1.54, 1.807) is 26.0 Å². The lowest BCUT2D eigenvalue weighted by molar-refractivity contribution is -0.449. The molecule has 23 heavy (non-hydrogen) atoms. The SMILES string of the molecule is CC=CC(C)(C=CC)CC(F)(OC(F)(F)C(F)(F)F)C(C)(C)C. The van der Waals surface area contributed by atoms with Crippen molar-refractivity contribution in [3.8, 4) is 0 Å². The van der Waals surface area contributed by atoms with Crippen LogP contribution >= 0.6 is 0 Å². The molecule has 0 fully saturated rings. The van der Waals surface area contributed by atoms with Crippen molar-refractivity contribution in [3.05, 3.63) is 24.3 Å². The fourth-order valence-corrected chi connectivity index (χ4v) is 2.14. The Morgan fingerprint density at radius 1 is 0.783 bits per heavy atom. The highest BCUT2D eigenvalue weighted by atomic mass is 19.4. The zero-order chi connectivity index (χ0) is 18.7. The summed E-state index contributed by atoms with van der Waals surface area (Å²) in [6, 6.07) is 0. The summed E-state index contributed by atoms with van der Waals surface area (Å²) in [7, 11) is 0. The quantitative estimate of drug-likeness (QED) is 0.398. The van der Waals surface area contributed by atoms with Gasteiger partial charge in [0, 0.05) is 17.3 Å². The van der Waals surface area contributed by atoms with Gasteiger partial charge in [-0.05, 0) is 13.8 Å². The van der Waals surface area contributed by atoms with E-state index in [4.69, 9.17) is 0 Å². The molecule has 0 aromatic rings. The van der Waals surface area contributed by atoms with Crippen LogP contribution < -0.4 is 0 Å². The first-order valence-corrected chi connectivity index (χ1v) is 7.15. The van der Waals surface area contributed by atoms with Crippen LogP contribution in [0.25, 0.3) is 0 Å². The Bertz CT molecular complexity index is 432. The van der Waals surface area contributed by atoms with Crippen LogP contribution in [-0.2, 0) is 4.74 Å². The standard InChI is InChI=1S/C16H24F6O/c1-7-9-13(6,10-8-2)11-14(17,12(3,4)5)23-16(21,22)15(18,19)20/h7-10H,11H2,1-6H3. The summed E-state index contributed by atoms with van der Waals surface area (Å²) in [5.41, 5.74) is -2.68. The molecule has 0 aliphatic rings. The van der Waals surface area contributed by atoms with E-state index in [0.29, 0.717) is 0 Å². The largest absolute Gasteiger partial charge is 0.483 e. The predicted molar refractivity (Wildman–Crippen MR) is 77.7 cm³/mol. The van der Waals surface area contributed by atoms with Crippen LogP contribution in [0.1, 0.15) is 48.0 Å². The van der Waals surface area contributed by atoms with Crippen LogP contribution in [0.5, 0.6) is 0 Å². The molecule has 0 saturated carbocycles. The Kier molecular flexibility index (Phi) is 6.58. The van der Waals surface area contributed by atoms with Crippen LogP contribution in [0, 0.1) is 10.8 Å². The highest BCUT2D eigenvalue weighted by Crippen LogP contribution is 2.50. The van der Waals surface area contributed by atoms with Crippen molar-refractivity contribution >= 4 is 0 Å². The molecule has 1 nitrogen and oxygen atoms in total. The Balaban J connectivity index is 5.88. The minimum Gasteiger partial charge on any atom is -0.275 e. The predicted octanol–water partition coefficient (Wildman–Crippen LogP) is 6.42. The third-order valence-corrected chi connectivity index (χ3v) is 3.44. The van der Waals surface area contributed by atoms with E-state index in [0.717, 1.165) is 0 Å². The number of hydrogen-bond donors (Lipinski definition) is 0. The van der Waals surface area contributed by atoms with Gasteiger partial charge in [0.15, 0.2) is 0 Å². The Morgan fingerprint density at radius 2 is 1.17 bits per heavy atom. The minimum absolute atomic E-state index is 0.691. The molecule has 0 rings (SSSR count). The van der Waals surface area contributed by atoms with Gasteiger partial charge >= 0.3 is 12.3 Å². The molecule has 0 spiro atoms. The third kappa shape index (κ3) is 5.55. The second-order valence-electron chi connectivity index (χ2n) is 6.78. The fraction of sp³-hybridized carbons (Fsp3) is 0.750. The molecule has 0 aromatic heterocycles. The van der Waals surface area contributed by atoms with Crippen molar-refractivity contribution < 1.29 is 31.1 Å². The van der Waals surface area contributed by atoms with Crippen LogP contribution in [0.4, 0.5) is 26.3 Å². The van der Waals surface area contributed by atoms with Gasteiger partial charge in [-0.25, -0.2) is 4.39 Å². The van der Waals surface area contributed by atoms with E-state index in [2.05, 4.69) is 4.74 Å². The van der Waals surface area contributed by atoms with Gasteiger partial charge in [-0.2, -0.15) is 22.0 Å². The van der Waals surface area contributed by atoms with E-state index in [1.807, 2.05) is 0 Å². The zero-order valence-electron chi connectivity index (χ0n) is 14.2. The van der Waals surface area contributed by atoms with Crippen molar-refractivity contribution in [2.24, 2.45) is 10.8 Å². The molecule has 0 aromatic carbocycles. The summed E-state index contributed by atoms with van der Waals surface area (Å²) < 4.78 is 82.7. The number of allylic oxidation sites excluding steroid dienone is 4. The molecule has 0 N–H and O–H groups in total. The third-order valence-electron chi connectivity index (χ3n) is 3.44. The Labute approximate surface area is 133 Å². The maximum atomic E-state index is 15.2. The van der Waals surface area contributed by atoms with Crippen LogP contribution in [0.2, 0.25) is 0 Å². The van der Waals surface area contributed by atoms with Crippen molar-refractivity contribution in [1.29, 1.82) is 0 Å². The Hall–Kier alpha value is -0.980. The van der Waals surface area contributed by atoms with Crippen LogP contribution in [0.15, 0.2) is 24.3 Å². The van der Waals surface area contributed by atoms with E-state index in [1.165, 1.54) is 39.8 Å². The molecule has 0 saturated heterocycles. The van der Waals surface area contributed by atoms with Crippen molar-refractivity contribution in [2.45, 2.75) is 66.1 Å². The lowest BCUT2D eigenvalue weighted by atomic mass is 9.74. The molecule has 0 bridgehead atoms. The number of ether oxygens (including phenoxy) is 1. The maximum Gasteiger partial charge on any atom is 0.483 e. The first kappa shape index (κ1) is 22.0. The molecular weight excluding hydrogens is 322 g/mol. The normalized spacial score (nSPS) is 20.0. The summed E-state index contributed by atoms with van der Waals surface area (Å²) in [6.45, 7) is 8.46. The molecule has 0 radical (unpaired) electrons. The number of halogens is 6. The molecule has 1 atom stereocenters. The van der Waals surface area contributed by atoms with Gasteiger partial charge in [-0.3, -0.25) is 4.74 Å². The molecule has 136 valence electrons. The van der Waals surface area contributed by atoms with E-state index >= 15 is 4.39 Å². The lowest BCUT2D eigenvalue weighted by Gasteiger charge is -2.43. The summed E-state index contributed by atoms with van der Waals surface area (Å²) in [4.78, 5) is 0. The fourth-order valence-electron chi connectivity index (χ4n) is 2.14. The number of hydrogen-bond acceptors (Lipinski definition) is 1. The average molecular weight is 346 g/mol. The maximum absolute atomic E-state index is 15.2. The van der Waals surface area contributed by atoms with E-state index in [9.17, 15) is 22.0 Å². The second-order valence-corrected chi connectivity index (χ2v) is 6.78. The molecular formula is C16H24F6O. The van der Waals surface area contributed by atoms with E-state index in [-0.39, 0.29) is 0 Å². The van der Waals surface area contributed by atoms with Crippen molar-refractivity contribution in [1.82, 2.24) is 0 Å². The van der Waals surface area contributed by atoms with Crippen molar-refractivity contribution in [3.63, 3.8) is 0 Å². The average Bonchev–Trinajstić information content (AvgIpc) is 2.24. The molecule has 1 unspecified atom stereocenters. The zero-order valence-corrected chi connectivity index (χ0v) is 14.2. The Morgan fingerprint density at radius 3 is 1.43 bits per heavy atom. The topological polar surface area (TPSA) is 9.23 Å². The lowest BCUT2D eigenvalue weighted by Crippen LogP contribution is -2.53. The monoisotopic (exact) mass is 346 g/mol. The van der Waals surface area contributed by atoms with Crippen molar-refractivity contribution in [2.75, 3.05) is 0 Å². The minimum atomic E-state index is -5.99. The van der Waals surface area contributed by atoms with Gasteiger partial charge in [0.1, 0.15) is 0 Å². The second kappa shape index (κ2) is 6.87. The van der Waals surface area contributed by atoms with Gasteiger partial charge in [-0.1, -0.05) is 52.0 Å². The van der Waals surface area contributed by atoms with Gasteiger partial charge in [0.2, 0.25) is 5.85 Å². The number of alkyl halides is 6. The molecule has 0 heterocycles. The summed E-state index contributed by atoms with van der Waals surface area (Å²) in [6.07, 6.45) is -6.06. The molecule has 0 aliphatic heterocycles. The van der Waals surface area contributed by atoms with Gasteiger partial charge in [0.05, 0.1) is 0 Å². The molecule has 0 amide bonds. The first-order chi connectivity index (χ1) is 10.0. The van der Waals surface area contributed by atoms with Gasteiger partial charge in [-0.15, -0.1) is 0 Å². The first-order valence-electron chi connectivity index (χ1n) is 7.15. The summed E-state index contributed by atoms with van der Waals surface area (Å²) in [5, 5.41) is 0. The van der Waals surface area contributed by atoms with Gasteiger partial charge in [0.25, 0.3) is 0 Å².